The number of hydrogen-bond donors (Lipinski definition) is 1. The van der Waals surface area contributed by atoms with Crippen LogP contribution in [0.2, 0.25) is 0 Å². The van der Waals surface area contributed by atoms with Crippen LogP contribution in [0.4, 0.5) is 10.5 Å². The summed E-state index contributed by atoms with van der Waals surface area (Å²) in [6, 6.07) is 9.60. The van der Waals surface area contributed by atoms with Gasteiger partial charge in [0.2, 0.25) is 0 Å². The Morgan fingerprint density at radius 1 is 1.25 bits per heavy atom. The Morgan fingerprint density at radius 2 is 1.96 bits per heavy atom. The SMILES string of the molecule is CC(C)(C)OC(=O)N1CCC(Nc2ccc(Br)cc2-c2ccc(C=O)o2)CC1. The molecule has 6 nitrogen and oxygen atoms in total. The average Bonchev–Trinajstić information content (AvgIpc) is 3.11. The number of nitrogens with one attached hydrogen (secondary N) is 1. The predicted molar refractivity (Wildman–Crippen MR) is 112 cm³/mol. The second-order valence-corrected chi connectivity index (χ2v) is 8.81. The zero-order valence-electron chi connectivity index (χ0n) is 16.3. The Hall–Kier alpha value is -2.28. The minimum absolute atomic E-state index is 0.235. The predicted octanol–water partition coefficient (Wildman–Crippen LogP) is 5.33. The Kier molecular flexibility index (Phi) is 6.13. The van der Waals surface area contributed by atoms with E-state index in [0.29, 0.717) is 30.9 Å². The van der Waals surface area contributed by atoms with Gasteiger partial charge < -0.3 is 19.4 Å². The van der Waals surface area contributed by atoms with E-state index in [0.717, 1.165) is 28.6 Å². The molecule has 0 bridgehead atoms. The van der Waals surface area contributed by atoms with Crippen molar-refractivity contribution in [2.45, 2.75) is 45.3 Å². The lowest BCUT2D eigenvalue weighted by molar-refractivity contribution is 0.0210. The van der Waals surface area contributed by atoms with Crippen LogP contribution in [0.25, 0.3) is 11.3 Å². The van der Waals surface area contributed by atoms with E-state index in [1.54, 1.807) is 17.0 Å². The second kappa shape index (κ2) is 8.39. The first-order valence-corrected chi connectivity index (χ1v) is 10.1. The van der Waals surface area contributed by atoms with Crippen LogP contribution in [-0.2, 0) is 4.74 Å². The lowest BCUT2D eigenvalue weighted by atomic mass is 10.0. The molecule has 28 heavy (non-hydrogen) atoms. The third-order valence-corrected chi connectivity index (χ3v) is 4.99. The van der Waals surface area contributed by atoms with E-state index in [4.69, 9.17) is 9.15 Å². The molecule has 1 aromatic carbocycles. The van der Waals surface area contributed by atoms with Gasteiger partial charge >= 0.3 is 6.09 Å². The molecule has 0 saturated carbocycles. The van der Waals surface area contributed by atoms with Gasteiger partial charge in [-0.2, -0.15) is 0 Å². The molecule has 1 amide bonds. The van der Waals surface area contributed by atoms with Gasteiger partial charge in [0.1, 0.15) is 11.4 Å². The van der Waals surface area contributed by atoms with Crippen LogP contribution < -0.4 is 5.32 Å². The van der Waals surface area contributed by atoms with Gasteiger partial charge in [-0.1, -0.05) is 15.9 Å². The third kappa shape index (κ3) is 5.16. The summed E-state index contributed by atoms with van der Waals surface area (Å²) in [5.41, 5.74) is 1.34. The van der Waals surface area contributed by atoms with Crippen LogP contribution >= 0.6 is 15.9 Å². The lowest BCUT2D eigenvalue weighted by Gasteiger charge is -2.34. The van der Waals surface area contributed by atoms with E-state index < -0.39 is 5.60 Å². The number of amides is 1. The first-order chi connectivity index (χ1) is 13.2. The minimum atomic E-state index is -0.484. The number of anilines is 1. The van der Waals surface area contributed by atoms with Gasteiger partial charge in [-0.15, -0.1) is 0 Å². The Morgan fingerprint density at radius 3 is 2.57 bits per heavy atom. The number of rotatable bonds is 4. The fraction of sp³-hybridized carbons (Fsp3) is 0.429. The van der Waals surface area contributed by atoms with Crippen LogP contribution in [0.15, 0.2) is 39.2 Å². The standard InChI is InChI=1S/C21H25BrN2O4/c1-21(2,3)28-20(26)24-10-8-15(9-11-24)23-18-6-4-14(22)12-17(18)19-7-5-16(13-25)27-19/h4-7,12-13,15,23H,8-11H2,1-3H3. The van der Waals surface area contributed by atoms with Gasteiger partial charge in [0.05, 0.1) is 0 Å². The first kappa shape index (κ1) is 20.5. The molecule has 1 fully saturated rings. The number of halogens is 1. The van der Waals surface area contributed by atoms with Crippen molar-refractivity contribution in [3.63, 3.8) is 0 Å². The minimum Gasteiger partial charge on any atom is -0.453 e. The van der Waals surface area contributed by atoms with Crippen molar-refractivity contribution in [3.05, 3.63) is 40.6 Å². The molecule has 1 aliphatic heterocycles. The van der Waals surface area contributed by atoms with Crippen molar-refractivity contribution < 1.29 is 18.7 Å². The van der Waals surface area contributed by atoms with Gasteiger partial charge in [0.15, 0.2) is 12.0 Å². The number of ether oxygens (including phenoxy) is 1. The Bertz CT molecular complexity index is 848. The largest absolute Gasteiger partial charge is 0.453 e. The van der Waals surface area contributed by atoms with Crippen molar-refractivity contribution in [2.24, 2.45) is 0 Å². The molecule has 7 heteroatoms. The fourth-order valence-corrected chi connectivity index (χ4v) is 3.52. The van der Waals surface area contributed by atoms with Crippen molar-refractivity contribution in [1.29, 1.82) is 0 Å². The van der Waals surface area contributed by atoms with Crippen LogP contribution in [0.3, 0.4) is 0 Å². The fourth-order valence-electron chi connectivity index (χ4n) is 3.16. The Balaban J connectivity index is 1.67. The van der Waals surface area contributed by atoms with Crippen LogP contribution in [0.5, 0.6) is 0 Å². The summed E-state index contributed by atoms with van der Waals surface area (Å²) in [7, 11) is 0. The summed E-state index contributed by atoms with van der Waals surface area (Å²) in [5, 5.41) is 3.56. The maximum atomic E-state index is 12.2. The van der Waals surface area contributed by atoms with Crippen molar-refractivity contribution in [3.8, 4) is 11.3 Å². The highest BCUT2D eigenvalue weighted by atomic mass is 79.9. The van der Waals surface area contributed by atoms with E-state index in [1.807, 2.05) is 39.0 Å². The van der Waals surface area contributed by atoms with Gasteiger partial charge in [-0.25, -0.2) is 4.79 Å². The molecular weight excluding hydrogens is 424 g/mol. The van der Waals surface area contributed by atoms with Crippen LogP contribution in [-0.4, -0.2) is 42.0 Å². The second-order valence-electron chi connectivity index (χ2n) is 7.90. The molecule has 3 rings (SSSR count). The number of carbonyl (C=O) groups is 2. The highest BCUT2D eigenvalue weighted by molar-refractivity contribution is 9.10. The molecule has 0 atom stereocenters. The summed E-state index contributed by atoms with van der Waals surface area (Å²) >= 11 is 3.49. The molecular formula is C21H25BrN2O4. The number of likely N-dealkylation sites (tertiary alicyclic amines) is 1. The lowest BCUT2D eigenvalue weighted by Crippen LogP contribution is -2.44. The number of hydrogen-bond acceptors (Lipinski definition) is 5. The number of carbonyl (C=O) groups excluding carboxylic acids is 2. The van der Waals surface area contributed by atoms with Gasteiger partial charge in [0, 0.05) is 34.9 Å². The summed E-state index contributed by atoms with van der Waals surface area (Å²) in [6.07, 6.45) is 2.09. The number of piperidine rings is 1. The maximum absolute atomic E-state index is 12.2. The molecule has 150 valence electrons. The van der Waals surface area contributed by atoms with E-state index >= 15 is 0 Å². The molecule has 1 aliphatic rings. The van der Waals surface area contributed by atoms with Crippen LogP contribution in [0, 0.1) is 0 Å². The summed E-state index contributed by atoms with van der Waals surface area (Å²) < 4.78 is 12.0. The summed E-state index contributed by atoms with van der Waals surface area (Å²) in [4.78, 5) is 24.9. The van der Waals surface area contributed by atoms with Crippen molar-refractivity contribution >= 4 is 34.0 Å². The highest BCUT2D eigenvalue weighted by Crippen LogP contribution is 2.33. The number of nitrogens with zero attached hydrogens (tertiary/aromatic N) is 1. The zero-order chi connectivity index (χ0) is 20.3. The molecule has 1 saturated heterocycles. The average molecular weight is 449 g/mol. The van der Waals surface area contributed by atoms with E-state index in [9.17, 15) is 9.59 Å². The molecule has 2 aromatic rings. The molecule has 0 radical (unpaired) electrons. The molecule has 1 N–H and O–H groups in total. The quantitative estimate of drug-likeness (QED) is 0.639. The smallest absolute Gasteiger partial charge is 0.410 e. The first-order valence-electron chi connectivity index (χ1n) is 9.34. The highest BCUT2D eigenvalue weighted by Gasteiger charge is 2.27. The molecule has 2 heterocycles. The third-order valence-electron chi connectivity index (χ3n) is 4.50. The molecule has 1 aromatic heterocycles. The zero-order valence-corrected chi connectivity index (χ0v) is 17.9. The van der Waals surface area contributed by atoms with Gasteiger partial charge in [-0.3, -0.25) is 4.79 Å². The summed E-state index contributed by atoms with van der Waals surface area (Å²) in [6.45, 7) is 6.92. The Labute approximate surface area is 173 Å². The van der Waals surface area contributed by atoms with E-state index in [1.165, 1.54) is 0 Å². The van der Waals surface area contributed by atoms with Crippen molar-refractivity contribution in [1.82, 2.24) is 4.90 Å². The maximum Gasteiger partial charge on any atom is 0.410 e. The van der Waals surface area contributed by atoms with Gasteiger partial charge in [-0.05, 0) is 63.9 Å². The monoisotopic (exact) mass is 448 g/mol. The summed E-state index contributed by atoms with van der Waals surface area (Å²) in [5.74, 6) is 0.934. The number of furan rings is 1. The molecule has 0 unspecified atom stereocenters. The normalized spacial score (nSPS) is 15.4. The van der Waals surface area contributed by atoms with E-state index in [2.05, 4.69) is 21.2 Å². The van der Waals surface area contributed by atoms with Crippen molar-refractivity contribution in [2.75, 3.05) is 18.4 Å². The molecule has 0 spiro atoms. The van der Waals surface area contributed by atoms with E-state index in [-0.39, 0.29) is 12.1 Å². The van der Waals surface area contributed by atoms with Crippen LogP contribution in [0.1, 0.15) is 44.2 Å². The van der Waals surface area contributed by atoms with Gasteiger partial charge in [0.25, 0.3) is 0 Å². The topological polar surface area (TPSA) is 71.8 Å². The number of benzene rings is 1. The number of aldehydes is 1. The molecule has 0 aliphatic carbocycles.